The van der Waals surface area contributed by atoms with Gasteiger partial charge < -0.3 is 10.1 Å². The Morgan fingerprint density at radius 3 is 2.82 bits per heavy atom. The fraction of sp³-hybridized carbons (Fsp3) is 0.500. The molecule has 0 aliphatic carbocycles. The number of nitrogens with zero attached hydrogens (tertiary/aromatic N) is 1. The average Bonchev–Trinajstić information content (AvgIpc) is 2.28. The molecule has 0 aliphatic rings. The molecule has 0 unspecified atom stereocenters. The molecule has 0 aromatic carbocycles. The monoisotopic (exact) mass is 234 g/mol. The molecule has 0 aliphatic heterocycles. The number of nitrogens with one attached hydrogen (secondary N) is 1. The summed E-state index contributed by atoms with van der Waals surface area (Å²) in [6, 6.07) is 4.48. The van der Waals surface area contributed by atoms with Gasteiger partial charge in [0.05, 0.1) is 6.61 Å². The number of ether oxygens (including phenoxy) is 1. The van der Waals surface area contributed by atoms with Crippen LogP contribution in [0.5, 0.6) is 5.88 Å². The van der Waals surface area contributed by atoms with Crippen LogP contribution >= 0.6 is 0 Å². The third-order valence-electron chi connectivity index (χ3n) is 2.44. The first-order valence-electron chi connectivity index (χ1n) is 6.07. The lowest BCUT2D eigenvalue weighted by molar-refractivity contribution is 0.311. The van der Waals surface area contributed by atoms with Gasteiger partial charge in [0, 0.05) is 24.3 Å². The van der Waals surface area contributed by atoms with E-state index >= 15 is 0 Å². The van der Waals surface area contributed by atoms with Gasteiger partial charge in [-0.3, -0.25) is 0 Å². The van der Waals surface area contributed by atoms with Crippen molar-refractivity contribution in [2.24, 2.45) is 0 Å². The maximum absolute atomic E-state index is 5.51. The van der Waals surface area contributed by atoms with E-state index in [4.69, 9.17) is 4.74 Å². The van der Waals surface area contributed by atoms with E-state index in [0.29, 0.717) is 18.5 Å². The van der Waals surface area contributed by atoms with Crippen LogP contribution in [0.15, 0.2) is 24.8 Å². The summed E-state index contributed by atoms with van der Waals surface area (Å²) in [4.78, 5) is 4.43. The van der Waals surface area contributed by atoms with Crippen LogP contribution in [0.2, 0.25) is 0 Å². The smallest absolute Gasteiger partial charge is 0.213 e. The molecule has 0 atom stereocenters. The van der Waals surface area contributed by atoms with Crippen molar-refractivity contribution < 1.29 is 4.74 Å². The summed E-state index contributed by atoms with van der Waals surface area (Å²) < 4.78 is 5.51. The fourth-order valence-electron chi connectivity index (χ4n) is 1.39. The van der Waals surface area contributed by atoms with Crippen LogP contribution in [0.4, 0.5) is 0 Å². The Bertz CT molecular complexity index is 361. The van der Waals surface area contributed by atoms with E-state index in [2.05, 4.69) is 36.8 Å². The summed E-state index contributed by atoms with van der Waals surface area (Å²) in [7, 11) is 0. The van der Waals surface area contributed by atoms with E-state index in [0.717, 1.165) is 18.7 Å². The van der Waals surface area contributed by atoms with Crippen molar-refractivity contribution in [1.29, 1.82) is 0 Å². The zero-order chi connectivity index (χ0) is 12.7. The van der Waals surface area contributed by atoms with Crippen molar-refractivity contribution in [3.05, 3.63) is 36.0 Å². The maximum atomic E-state index is 5.51. The van der Waals surface area contributed by atoms with Gasteiger partial charge in [-0.1, -0.05) is 26.0 Å². The summed E-state index contributed by atoms with van der Waals surface area (Å²) >= 11 is 0. The lowest BCUT2D eigenvalue weighted by Crippen LogP contribution is -2.22. The molecule has 3 nitrogen and oxygen atoms in total. The van der Waals surface area contributed by atoms with Crippen molar-refractivity contribution in [1.82, 2.24) is 10.3 Å². The minimum absolute atomic E-state index is 0.484. The largest absolute Gasteiger partial charge is 0.477 e. The number of hydrogen-bond donors (Lipinski definition) is 1. The van der Waals surface area contributed by atoms with Gasteiger partial charge in [0.1, 0.15) is 0 Å². The number of rotatable bonds is 7. The SMILES string of the molecule is C=CCCOc1ccc(CNC(C)C)c(C)n1. The Balaban J connectivity index is 2.56. The van der Waals surface area contributed by atoms with Gasteiger partial charge in [-0.2, -0.15) is 0 Å². The molecule has 0 radical (unpaired) electrons. The van der Waals surface area contributed by atoms with Crippen molar-refractivity contribution >= 4 is 0 Å². The van der Waals surface area contributed by atoms with E-state index in [1.54, 1.807) is 0 Å². The molecule has 1 rings (SSSR count). The summed E-state index contributed by atoms with van der Waals surface area (Å²) in [6.45, 7) is 11.4. The number of hydrogen-bond acceptors (Lipinski definition) is 3. The second-order valence-electron chi connectivity index (χ2n) is 4.36. The Hall–Kier alpha value is -1.35. The fourth-order valence-corrected chi connectivity index (χ4v) is 1.39. The summed E-state index contributed by atoms with van der Waals surface area (Å²) in [5.74, 6) is 0.692. The van der Waals surface area contributed by atoms with Gasteiger partial charge in [-0.05, 0) is 18.9 Å². The lowest BCUT2D eigenvalue weighted by Gasteiger charge is -2.11. The van der Waals surface area contributed by atoms with Gasteiger partial charge in [0.15, 0.2) is 0 Å². The Kier molecular flexibility index (Phi) is 5.70. The predicted molar refractivity (Wildman–Crippen MR) is 71.3 cm³/mol. The third kappa shape index (κ3) is 5.00. The van der Waals surface area contributed by atoms with Gasteiger partial charge in [-0.25, -0.2) is 4.98 Å². The predicted octanol–water partition coefficient (Wildman–Crippen LogP) is 2.84. The van der Waals surface area contributed by atoms with Gasteiger partial charge in [0.25, 0.3) is 0 Å². The van der Waals surface area contributed by atoms with Gasteiger partial charge >= 0.3 is 0 Å². The second-order valence-corrected chi connectivity index (χ2v) is 4.36. The molecule has 1 N–H and O–H groups in total. The van der Waals surface area contributed by atoms with Gasteiger partial charge in [-0.15, -0.1) is 6.58 Å². The minimum Gasteiger partial charge on any atom is -0.477 e. The summed E-state index contributed by atoms with van der Waals surface area (Å²) in [5.41, 5.74) is 2.24. The molecule has 0 saturated carbocycles. The molecular weight excluding hydrogens is 212 g/mol. The molecule has 0 saturated heterocycles. The molecule has 0 amide bonds. The first-order chi connectivity index (χ1) is 8.13. The third-order valence-corrected chi connectivity index (χ3v) is 2.44. The highest BCUT2D eigenvalue weighted by Gasteiger charge is 2.03. The molecule has 0 fully saturated rings. The van der Waals surface area contributed by atoms with Crippen LogP contribution in [0.25, 0.3) is 0 Å². The lowest BCUT2D eigenvalue weighted by atomic mass is 10.2. The molecule has 1 aromatic rings. The molecular formula is C14H22N2O. The molecule has 94 valence electrons. The topological polar surface area (TPSA) is 34.1 Å². The van der Waals surface area contributed by atoms with Crippen molar-refractivity contribution in [2.75, 3.05) is 6.61 Å². The van der Waals surface area contributed by atoms with E-state index in [9.17, 15) is 0 Å². The summed E-state index contributed by atoms with van der Waals surface area (Å²) in [6.07, 6.45) is 2.69. The van der Waals surface area contributed by atoms with Crippen LogP contribution in [0.1, 0.15) is 31.5 Å². The Morgan fingerprint density at radius 2 is 2.24 bits per heavy atom. The van der Waals surface area contributed by atoms with Crippen molar-refractivity contribution in [3.63, 3.8) is 0 Å². The number of pyridine rings is 1. The normalized spacial score (nSPS) is 10.6. The standard InChI is InChI=1S/C14H22N2O/c1-5-6-9-17-14-8-7-13(12(4)16-14)10-15-11(2)3/h5,7-8,11,15H,1,6,9-10H2,2-4H3. The molecule has 17 heavy (non-hydrogen) atoms. The Labute approximate surface area is 104 Å². The first-order valence-corrected chi connectivity index (χ1v) is 6.07. The van der Waals surface area contributed by atoms with Gasteiger partial charge in [0.2, 0.25) is 5.88 Å². The highest BCUT2D eigenvalue weighted by molar-refractivity contribution is 5.24. The summed E-state index contributed by atoms with van der Waals surface area (Å²) in [5, 5.41) is 3.38. The maximum Gasteiger partial charge on any atom is 0.213 e. The molecule has 1 heterocycles. The number of aryl methyl sites for hydroxylation is 1. The second kappa shape index (κ2) is 7.07. The zero-order valence-electron chi connectivity index (χ0n) is 11.0. The molecule has 1 aromatic heterocycles. The van der Waals surface area contributed by atoms with Crippen LogP contribution < -0.4 is 10.1 Å². The van der Waals surface area contributed by atoms with Crippen LogP contribution in [-0.4, -0.2) is 17.6 Å². The number of aromatic nitrogens is 1. The van der Waals surface area contributed by atoms with Crippen LogP contribution in [-0.2, 0) is 6.54 Å². The van der Waals surface area contributed by atoms with Crippen LogP contribution in [0.3, 0.4) is 0 Å². The van der Waals surface area contributed by atoms with E-state index in [1.807, 2.05) is 19.1 Å². The van der Waals surface area contributed by atoms with Crippen molar-refractivity contribution in [2.45, 2.75) is 39.8 Å². The highest BCUT2D eigenvalue weighted by atomic mass is 16.5. The van der Waals surface area contributed by atoms with Crippen molar-refractivity contribution in [3.8, 4) is 5.88 Å². The molecule has 3 heteroatoms. The minimum atomic E-state index is 0.484. The van der Waals surface area contributed by atoms with E-state index in [1.165, 1.54) is 5.56 Å². The zero-order valence-corrected chi connectivity index (χ0v) is 11.0. The average molecular weight is 234 g/mol. The quantitative estimate of drug-likeness (QED) is 0.582. The highest BCUT2D eigenvalue weighted by Crippen LogP contribution is 2.12. The Morgan fingerprint density at radius 1 is 1.47 bits per heavy atom. The molecule has 0 spiro atoms. The van der Waals surface area contributed by atoms with Crippen LogP contribution in [0, 0.1) is 6.92 Å². The van der Waals surface area contributed by atoms with E-state index < -0.39 is 0 Å². The first kappa shape index (κ1) is 13.7. The molecule has 0 bridgehead atoms. The van der Waals surface area contributed by atoms with E-state index in [-0.39, 0.29) is 0 Å².